The molecule has 17 heavy (non-hydrogen) atoms. The zero-order valence-corrected chi connectivity index (χ0v) is 9.76. The van der Waals surface area contributed by atoms with Crippen LogP contribution >= 0.6 is 0 Å². The number of amides is 1. The van der Waals surface area contributed by atoms with Gasteiger partial charge in [0.1, 0.15) is 11.9 Å². The van der Waals surface area contributed by atoms with Crippen LogP contribution in [0, 0.1) is 0 Å². The molecule has 0 aliphatic carbocycles. The Morgan fingerprint density at radius 2 is 2.24 bits per heavy atom. The highest BCUT2D eigenvalue weighted by Crippen LogP contribution is 2.17. The van der Waals surface area contributed by atoms with E-state index in [1.165, 1.54) is 0 Å². The highest BCUT2D eigenvalue weighted by Gasteiger charge is 2.28. The van der Waals surface area contributed by atoms with Gasteiger partial charge in [0.2, 0.25) is 0 Å². The van der Waals surface area contributed by atoms with Crippen LogP contribution in [0.1, 0.15) is 5.56 Å². The summed E-state index contributed by atoms with van der Waals surface area (Å²) in [5, 5.41) is 0. The number of hydrogen-bond acceptors (Lipinski definition) is 3. The molecular formula is C13H15NO3. The van der Waals surface area contributed by atoms with Gasteiger partial charge in [-0.2, -0.15) is 0 Å². The van der Waals surface area contributed by atoms with Crippen LogP contribution in [0.15, 0.2) is 36.9 Å². The maximum atomic E-state index is 11.5. The summed E-state index contributed by atoms with van der Waals surface area (Å²) in [5.74, 6) is 0.807. The monoisotopic (exact) mass is 233 g/mol. The first-order valence-corrected chi connectivity index (χ1v) is 5.44. The van der Waals surface area contributed by atoms with Crippen molar-refractivity contribution in [2.24, 2.45) is 0 Å². The van der Waals surface area contributed by atoms with Crippen molar-refractivity contribution in [3.63, 3.8) is 0 Å². The fourth-order valence-electron chi connectivity index (χ4n) is 1.74. The van der Waals surface area contributed by atoms with Gasteiger partial charge >= 0.3 is 6.09 Å². The van der Waals surface area contributed by atoms with E-state index in [0.717, 1.165) is 11.3 Å². The van der Waals surface area contributed by atoms with Gasteiger partial charge in [0.15, 0.2) is 0 Å². The Morgan fingerprint density at radius 3 is 2.76 bits per heavy atom. The molecule has 1 unspecified atom stereocenters. The second-order valence-corrected chi connectivity index (χ2v) is 3.89. The average Bonchev–Trinajstić information content (AvgIpc) is 2.71. The van der Waals surface area contributed by atoms with Gasteiger partial charge in [-0.15, -0.1) is 0 Å². The molecule has 4 heteroatoms. The van der Waals surface area contributed by atoms with Gasteiger partial charge in [0.25, 0.3) is 0 Å². The fraction of sp³-hybridized carbons (Fsp3) is 0.308. The van der Waals surface area contributed by atoms with Crippen molar-refractivity contribution in [1.29, 1.82) is 0 Å². The second-order valence-electron chi connectivity index (χ2n) is 3.89. The summed E-state index contributed by atoms with van der Waals surface area (Å²) in [6.07, 6.45) is 1.16. The number of methoxy groups -OCH3 is 1. The van der Waals surface area contributed by atoms with Crippen LogP contribution < -0.4 is 4.74 Å². The van der Waals surface area contributed by atoms with Crippen LogP contribution in [-0.2, 0) is 11.3 Å². The standard InChI is InChI=1S/C13H15NO3/c1-3-11-9-14(13(15)17-11)8-10-4-6-12(16-2)7-5-10/h3-7,11H,1,8-9H2,2H3. The molecule has 1 fully saturated rings. The first-order chi connectivity index (χ1) is 8.22. The van der Waals surface area contributed by atoms with E-state index in [-0.39, 0.29) is 12.2 Å². The van der Waals surface area contributed by atoms with Crippen LogP contribution in [0.2, 0.25) is 0 Å². The summed E-state index contributed by atoms with van der Waals surface area (Å²) in [7, 11) is 1.63. The first-order valence-electron chi connectivity index (χ1n) is 5.44. The summed E-state index contributed by atoms with van der Waals surface area (Å²) in [4.78, 5) is 13.2. The lowest BCUT2D eigenvalue weighted by Gasteiger charge is -2.12. The molecule has 0 radical (unpaired) electrons. The van der Waals surface area contributed by atoms with E-state index in [9.17, 15) is 4.79 Å². The number of hydrogen-bond donors (Lipinski definition) is 0. The average molecular weight is 233 g/mol. The normalized spacial score (nSPS) is 19.0. The van der Waals surface area contributed by atoms with E-state index >= 15 is 0 Å². The molecule has 0 bridgehead atoms. The highest BCUT2D eigenvalue weighted by molar-refractivity contribution is 5.70. The number of carbonyl (C=O) groups excluding carboxylic acids is 1. The van der Waals surface area contributed by atoms with Crippen LogP contribution in [0.3, 0.4) is 0 Å². The molecule has 1 aromatic rings. The van der Waals surface area contributed by atoms with E-state index in [1.54, 1.807) is 18.1 Å². The summed E-state index contributed by atoms with van der Waals surface area (Å²) in [6, 6.07) is 7.63. The minimum absolute atomic E-state index is 0.194. The molecule has 1 atom stereocenters. The third-order valence-corrected chi connectivity index (χ3v) is 2.71. The quantitative estimate of drug-likeness (QED) is 0.748. The molecular weight excluding hydrogens is 218 g/mol. The van der Waals surface area contributed by atoms with Crippen molar-refractivity contribution >= 4 is 6.09 Å². The Morgan fingerprint density at radius 1 is 1.53 bits per heavy atom. The highest BCUT2D eigenvalue weighted by atomic mass is 16.6. The van der Waals surface area contributed by atoms with Crippen LogP contribution in [-0.4, -0.2) is 30.8 Å². The molecule has 1 aliphatic heterocycles. The van der Waals surface area contributed by atoms with E-state index in [1.807, 2.05) is 24.3 Å². The van der Waals surface area contributed by atoms with Gasteiger partial charge in [0.05, 0.1) is 13.7 Å². The molecule has 90 valence electrons. The van der Waals surface area contributed by atoms with Gasteiger partial charge in [-0.1, -0.05) is 18.7 Å². The Labute approximate surface area is 100 Å². The van der Waals surface area contributed by atoms with E-state index < -0.39 is 0 Å². The molecule has 4 nitrogen and oxygen atoms in total. The summed E-state index contributed by atoms with van der Waals surface area (Å²) >= 11 is 0. The first kappa shape index (κ1) is 11.5. The van der Waals surface area contributed by atoms with E-state index in [4.69, 9.17) is 9.47 Å². The Balaban J connectivity index is 2.00. The minimum atomic E-state index is -0.286. The number of rotatable bonds is 4. The largest absolute Gasteiger partial charge is 0.497 e. The predicted molar refractivity (Wildman–Crippen MR) is 63.9 cm³/mol. The second kappa shape index (κ2) is 4.91. The summed E-state index contributed by atoms with van der Waals surface area (Å²) in [5.41, 5.74) is 1.05. The zero-order chi connectivity index (χ0) is 12.3. The smallest absolute Gasteiger partial charge is 0.410 e. The Bertz CT molecular complexity index is 413. The Hall–Kier alpha value is -1.97. The van der Waals surface area contributed by atoms with Crippen LogP contribution in [0.4, 0.5) is 4.79 Å². The number of ether oxygens (including phenoxy) is 2. The number of nitrogens with zero attached hydrogens (tertiary/aromatic N) is 1. The molecule has 0 saturated carbocycles. The topological polar surface area (TPSA) is 38.8 Å². The lowest BCUT2D eigenvalue weighted by atomic mass is 10.2. The van der Waals surface area contributed by atoms with Crippen molar-refractivity contribution in [1.82, 2.24) is 4.90 Å². The van der Waals surface area contributed by atoms with Crippen molar-refractivity contribution in [2.75, 3.05) is 13.7 Å². The SMILES string of the molecule is C=CC1CN(Cc2ccc(OC)cc2)C(=O)O1. The summed E-state index contributed by atoms with van der Waals surface area (Å²) in [6.45, 7) is 4.73. The lowest BCUT2D eigenvalue weighted by molar-refractivity contribution is 0.144. The molecule has 0 aromatic heterocycles. The predicted octanol–water partition coefficient (Wildman–Crippen LogP) is 2.20. The number of carbonyl (C=O) groups is 1. The third kappa shape index (κ3) is 2.58. The fourth-order valence-corrected chi connectivity index (χ4v) is 1.74. The Kier molecular flexibility index (Phi) is 3.32. The molecule has 0 N–H and O–H groups in total. The molecule has 1 saturated heterocycles. The van der Waals surface area contributed by atoms with E-state index in [2.05, 4.69) is 6.58 Å². The van der Waals surface area contributed by atoms with Crippen molar-refractivity contribution in [3.8, 4) is 5.75 Å². The van der Waals surface area contributed by atoms with Gasteiger partial charge in [-0.3, -0.25) is 4.90 Å². The van der Waals surface area contributed by atoms with E-state index in [0.29, 0.717) is 13.1 Å². The molecule has 0 spiro atoms. The molecule has 1 aromatic carbocycles. The molecule has 1 heterocycles. The molecule has 1 amide bonds. The number of benzene rings is 1. The van der Waals surface area contributed by atoms with Crippen LogP contribution in [0.25, 0.3) is 0 Å². The van der Waals surface area contributed by atoms with Crippen LogP contribution in [0.5, 0.6) is 5.75 Å². The third-order valence-electron chi connectivity index (χ3n) is 2.71. The van der Waals surface area contributed by atoms with Crippen molar-refractivity contribution in [3.05, 3.63) is 42.5 Å². The van der Waals surface area contributed by atoms with Gasteiger partial charge in [-0.25, -0.2) is 4.79 Å². The zero-order valence-electron chi connectivity index (χ0n) is 9.76. The lowest BCUT2D eigenvalue weighted by Crippen LogP contribution is -2.24. The van der Waals surface area contributed by atoms with Gasteiger partial charge in [-0.05, 0) is 23.8 Å². The maximum Gasteiger partial charge on any atom is 0.410 e. The maximum absolute atomic E-state index is 11.5. The molecule has 2 rings (SSSR count). The van der Waals surface area contributed by atoms with Crippen molar-refractivity contribution in [2.45, 2.75) is 12.6 Å². The van der Waals surface area contributed by atoms with Gasteiger partial charge < -0.3 is 9.47 Å². The van der Waals surface area contributed by atoms with Crippen molar-refractivity contribution < 1.29 is 14.3 Å². The summed E-state index contributed by atoms with van der Waals surface area (Å²) < 4.78 is 10.2. The number of cyclic esters (lactones) is 1. The molecule has 1 aliphatic rings. The van der Waals surface area contributed by atoms with Gasteiger partial charge in [0, 0.05) is 6.54 Å². The minimum Gasteiger partial charge on any atom is -0.497 e.